The van der Waals surface area contributed by atoms with Crippen molar-refractivity contribution in [1.82, 2.24) is 4.90 Å². The first-order valence-corrected chi connectivity index (χ1v) is 11.8. The lowest BCUT2D eigenvalue weighted by Gasteiger charge is -2.41. The van der Waals surface area contributed by atoms with Crippen molar-refractivity contribution in [3.63, 3.8) is 0 Å². The Labute approximate surface area is 185 Å². The Balaban J connectivity index is 1.40. The molecule has 0 radical (unpaired) electrons. The molecule has 1 N–H and O–H groups in total. The highest BCUT2D eigenvalue weighted by Crippen LogP contribution is 2.31. The molecule has 2 heterocycles. The number of nitrogens with one attached hydrogen (secondary N) is 1. The van der Waals surface area contributed by atoms with E-state index in [0.717, 1.165) is 49.3 Å². The van der Waals surface area contributed by atoms with E-state index in [4.69, 9.17) is 4.74 Å². The molecule has 1 aliphatic carbocycles. The molecule has 170 valence electrons. The minimum atomic E-state index is -0.316. The lowest BCUT2D eigenvalue weighted by molar-refractivity contribution is -0.841. The van der Waals surface area contributed by atoms with Crippen molar-refractivity contribution in [1.29, 1.82) is 0 Å². The highest BCUT2D eigenvalue weighted by atomic mass is 19.1. The van der Waals surface area contributed by atoms with Crippen molar-refractivity contribution < 1.29 is 13.6 Å². The molecule has 1 saturated carbocycles. The zero-order valence-corrected chi connectivity index (χ0v) is 19.0. The topological polar surface area (TPSA) is 49.2 Å². The molecular weight excluding hydrogens is 393 g/mol. The number of likely N-dealkylation sites (N-methyl/N-ethyl adjacent to an activating group) is 1. The fraction of sp³-hybridized carbons (Fsp3) is 0.667. The van der Waals surface area contributed by atoms with Crippen LogP contribution in [0.3, 0.4) is 0 Å². The van der Waals surface area contributed by atoms with Gasteiger partial charge in [0.25, 0.3) is 0 Å². The summed E-state index contributed by atoms with van der Waals surface area (Å²) < 4.78 is 20.0. The summed E-state index contributed by atoms with van der Waals surface area (Å²) in [5.74, 6) is 0.589. The maximum Gasteiger partial charge on any atom is 0.192 e. The average Bonchev–Trinajstić information content (AvgIpc) is 3.21. The Bertz CT molecular complexity index is 800. The molecule has 7 heteroatoms. The van der Waals surface area contributed by atoms with Crippen LogP contribution >= 0.6 is 0 Å². The largest absolute Gasteiger partial charge is 0.494 e. The van der Waals surface area contributed by atoms with Crippen molar-refractivity contribution in [3.05, 3.63) is 24.0 Å². The van der Waals surface area contributed by atoms with Crippen molar-refractivity contribution in [2.75, 3.05) is 45.3 Å². The van der Waals surface area contributed by atoms with E-state index in [1.807, 2.05) is 6.07 Å². The van der Waals surface area contributed by atoms with Crippen LogP contribution in [0.5, 0.6) is 5.75 Å². The molecule has 2 aliphatic heterocycles. The number of halogens is 1. The molecule has 0 spiro atoms. The number of likely N-dealkylation sites (tertiary alicyclic amines) is 1. The lowest BCUT2D eigenvalue weighted by Crippen LogP contribution is -2.57. The normalized spacial score (nSPS) is 31.1. The summed E-state index contributed by atoms with van der Waals surface area (Å²) in [4.78, 5) is 11.7. The number of benzene rings is 1. The first kappa shape index (κ1) is 22.2. The second kappa shape index (κ2) is 10.1. The molecule has 3 aliphatic rings. The van der Waals surface area contributed by atoms with E-state index in [1.165, 1.54) is 39.3 Å². The number of hydrogen-bond donors (Lipinski definition) is 1. The molecule has 0 bridgehead atoms. The molecule has 4 atom stereocenters. The molecule has 1 saturated heterocycles. The minimum absolute atomic E-state index is 0.288. The van der Waals surface area contributed by atoms with Crippen LogP contribution in [0.25, 0.3) is 0 Å². The van der Waals surface area contributed by atoms with Gasteiger partial charge in [0.2, 0.25) is 0 Å². The number of methoxy groups -OCH3 is 1. The average molecular weight is 431 g/mol. The van der Waals surface area contributed by atoms with Crippen LogP contribution in [-0.2, 0) is 0 Å². The molecule has 4 unspecified atom stereocenters. The Morgan fingerprint density at radius 1 is 1.23 bits per heavy atom. The van der Waals surface area contributed by atoms with Crippen LogP contribution in [0.1, 0.15) is 45.4 Å². The van der Waals surface area contributed by atoms with Crippen LogP contribution in [-0.4, -0.2) is 74.1 Å². The maximum atomic E-state index is 14.1. The van der Waals surface area contributed by atoms with Gasteiger partial charge >= 0.3 is 0 Å². The first-order chi connectivity index (χ1) is 15.1. The second-order valence-corrected chi connectivity index (χ2v) is 9.44. The number of quaternary nitrogens is 1. The monoisotopic (exact) mass is 430 g/mol. The van der Waals surface area contributed by atoms with Gasteiger partial charge in [0.05, 0.1) is 19.7 Å². The quantitative estimate of drug-likeness (QED) is 0.631. The maximum absolute atomic E-state index is 14.1. The SMILES string of the molecule is CCN1CCCC1C[N+]1(CC2CCCC(Nc3ccc(OC)c(F)c3)C2)C=NC=NC1. The lowest BCUT2D eigenvalue weighted by atomic mass is 9.84. The van der Waals surface area contributed by atoms with Crippen molar-refractivity contribution >= 4 is 18.4 Å². The molecule has 6 nitrogen and oxygen atoms in total. The summed E-state index contributed by atoms with van der Waals surface area (Å²) >= 11 is 0. The van der Waals surface area contributed by atoms with Crippen molar-refractivity contribution in [3.8, 4) is 5.75 Å². The summed E-state index contributed by atoms with van der Waals surface area (Å²) in [6.07, 6.45) is 11.1. The standard InChI is InChI=1S/C24H37FN5O/c1-3-29-11-5-8-22(29)15-30(17-26-16-27-18-30)14-19-6-4-7-20(12-19)28-21-9-10-24(31-2)23(25)13-21/h9-10,13,16-17,19-20,22,28H,3-8,11-12,14-15,18H2,1-2H3/q+1. The molecule has 31 heavy (non-hydrogen) atoms. The number of ether oxygens (including phenoxy) is 1. The Morgan fingerprint density at radius 3 is 2.87 bits per heavy atom. The van der Waals surface area contributed by atoms with Crippen LogP contribution in [0, 0.1) is 11.7 Å². The second-order valence-electron chi connectivity index (χ2n) is 9.44. The van der Waals surface area contributed by atoms with Gasteiger partial charge in [-0.1, -0.05) is 13.3 Å². The molecular formula is C24H37FN5O+. The van der Waals surface area contributed by atoms with Crippen LogP contribution < -0.4 is 10.1 Å². The zero-order chi connectivity index (χ0) is 21.7. The Morgan fingerprint density at radius 2 is 2.13 bits per heavy atom. The van der Waals surface area contributed by atoms with E-state index < -0.39 is 0 Å². The predicted octanol–water partition coefficient (Wildman–Crippen LogP) is 4.13. The fourth-order valence-corrected chi connectivity index (χ4v) is 5.77. The van der Waals surface area contributed by atoms with Gasteiger partial charge in [-0.05, 0) is 57.3 Å². The van der Waals surface area contributed by atoms with Gasteiger partial charge in [-0.3, -0.25) is 9.38 Å². The highest BCUT2D eigenvalue weighted by molar-refractivity contribution is 5.69. The van der Waals surface area contributed by atoms with Gasteiger partial charge in [-0.25, -0.2) is 9.38 Å². The number of rotatable bonds is 8. The van der Waals surface area contributed by atoms with E-state index in [2.05, 4.69) is 33.5 Å². The number of hydrogen-bond acceptors (Lipinski definition) is 5. The predicted molar refractivity (Wildman–Crippen MR) is 124 cm³/mol. The van der Waals surface area contributed by atoms with Gasteiger partial charge in [0.15, 0.2) is 24.6 Å². The highest BCUT2D eigenvalue weighted by Gasteiger charge is 2.38. The van der Waals surface area contributed by atoms with Crippen LogP contribution in [0.15, 0.2) is 28.2 Å². The minimum Gasteiger partial charge on any atom is -0.494 e. The van der Waals surface area contributed by atoms with Crippen LogP contribution in [0.4, 0.5) is 10.1 Å². The fourth-order valence-electron chi connectivity index (χ4n) is 5.77. The van der Waals surface area contributed by atoms with E-state index in [0.29, 0.717) is 18.0 Å². The Kier molecular flexibility index (Phi) is 7.23. The molecule has 0 aromatic heterocycles. The summed E-state index contributed by atoms with van der Waals surface area (Å²) in [6.45, 7) is 7.60. The molecule has 0 amide bonds. The van der Waals surface area contributed by atoms with Gasteiger partial charge in [0.1, 0.15) is 12.9 Å². The third-order valence-corrected chi connectivity index (χ3v) is 7.23. The first-order valence-electron chi connectivity index (χ1n) is 11.8. The molecule has 1 aromatic carbocycles. The van der Waals surface area contributed by atoms with E-state index in [9.17, 15) is 4.39 Å². The van der Waals surface area contributed by atoms with Crippen molar-refractivity contribution in [2.45, 2.75) is 57.5 Å². The van der Waals surface area contributed by atoms with Crippen molar-refractivity contribution in [2.24, 2.45) is 15.9 Å². The van der Waals surface area contributed by atoms with Gasteiger partial charge < -0.3 is 10.1 Å². The number of aliphatic imine (C=N–C) groups is 2. The zero-order valence-electron chi connectivity index (χ0n) is 19.0. The van der Waals surface area contributed by atoms with E-state index in [1.54, 1.807) is 18.5 Å². The smallest absolute Gasteiger partial charge is 0.192 e. The summed E-state index contributed by atoms with van der Waals surface area (Å²) in [5, 5.41) is 3.57. The summed E-state index contributed by atoms with van der Waals surface area (Å²) in [7, 11) is 1.50. The van der Waals surface area contributed by atoms with Gasteiger partial charge in [0, 0.05) is 23.7 Å². The summed E-state index contributed by atoms with van der Waals surface area (Å²) in [5.41, 5.74) is 0.835. The molecule has 4 rings (SSSR count). The third-order valence-electron chi connectivity index (χ3n) is 7.23. The van der Waals surface area contributed by atoms with E-state index in [-0.39, 0.29) is 11.6 Å². The van der Waals surface area contributed by atoms with E-state index >= 15 is 0 Å². The molecule has 1 aromatic rings. The third kappa shape index (κ3) is 5.44. The number of nitrogens with zero attached hydrogens (tertiary/aromatic N) is 4. The molecule has 2 fully saturated rings. The van der Waals surface area contributed by atoms with Gasteiger partial charge in [-0.2, -0.15) is 4.99 Å². The van der Waals surface area contributed by atoms with Gasteiger partial charge in [-0.15, -0.1) is 0 Å². The summed E-state index contributed by atoms with van der Waals surface area (Å²) in [6, 6.07) is 6.15. The van der Waals surface area contributed by atoms with Crippen LogP contribution in [0.2, 0.25) is 0 Å². The Hall–Kier alpha value is -1.99. The number of anilines is 1.